The molecule has 37 heavy (non-hydrogen) atoms. The van der Waals surface area contributed by atoms with E-state index in [1.807, 2.05) is 0 Å². The number of carbonyl (C=O) groups is 1. The van der Waals surface area contributed by atoms with Crippen LogP contribution >= 0.6 is 0 Å². The SMILES string of the molecule is CCC(c1ccc(C2(c3cccc(-c4c(F)ccc(OC)c4F)c3)N=C(N)N(C)C2=O)cc1)S(=O)(=O)O. The molecule has 0 radical (unpaired) electrons. The van der Waals surface area contributed by atoms with Crippen molar-refractivity contribution in [3.8, 4) is 16.9 Å². The van der Waals surface area contributed by atoms with Crippen LogP contribution in [0.2, 0.25) is 0 Å². The largest absolute Gasteiger partial charge is 0.494 e. The second-order valence-electron chi connectivity index (χ2n) is 8.60. The van der Waals surface area contributed by atoms with Crippen molar-refractivity contribution in [3.63, 3.8) is 0 Å². The zero-order valence-corrected chi connectivity index (χ0v) is 21.1. The number of hydrogen-bond acceptors (Lipinski definition) is 6. The summed E-state index contributed by atoms with van der Waals surface area (Å²) in [6.45, 7) is 1.62. The summed E-state index contributed by atoms with van der Waals surface area (Å²) >= 11 is 0. The van der Waals surface area contributed by atoms with Gasteiger partial charge in [0.2, 0.25) is 0 Å². The van der Waals surface area contributed by atoms with Crippen LogP contribution in [-0.4, -0.2) is 43.9 Å². The van der Waals surface area contributed by atoms with E-state index < -0.39 is 38.4 Å². The molecule has 0 saturated heterocycles. The molecule has 0 aliphatic carbocycles. The highest BCUT2D eigenvalue weighted by Crippen LogP contribution is 2.42. The third-order valence-electron chi connectivity index (χ3n) is 6.52. The van der Waals surface area contributed by atoms with E-state index in [1.54, 1.807) is 19.1 Å². The first-order valence-corrected chi connectivity index (χ1v) is 12.8. The molecule has 3 N–H and O–H groups in total. The summed E-state index contributed by atoms with van der Waals surface area (Å²) in [5.41, 5.74) is 5.11. The number of amides is 1. The quantitative estimate of drug-likeness (QED) is 0.446. The molecule has 1 aliphatic heterocycles. The maximum absolute atomic E-state index is 15.0. The van der Waals surface area contributed by atoms with Crippen LogP contribution in [0.4, 0.5) is 8.78 Å². The topological polar surface area (TPSA) is 122 Å². The molecule has 3 aromatic rings. The highest BCUT2D eigenvalue weighted by Gasteiger charge is 2.49. The Balaban J connectivity index is 1.91. The number of ether oxygens (including phenoxy) is 1. The van der Waals surface area contributed by atoms with E-state index in [4.69, 9.17) is 10.5 Å². The van der Waals surface area contributed by atoms with Crippen LogP contribution in [0.15, 0.2) is 65.7 Å². The second kappa shape index (κ2) is 9.56. The Morgan fingerprint density at radius 2 is 1.78 bits per heavy atom. The molecule has 11 heteroatoms. The molecule has 0 spiro atoms. The number of carbonyl (C=O) groups excluding carboxylic acids is 1. The molecule has 0 saturated carbocycles. The molecule has 2 atom stereocenters. The molecule has 0 bridgehead atoms. The maximum atomic E-state index is 15.0. The second-order valence-corrected chi connectivity index (χ2v) is 10.2. The lowest BCUT2D eigenvalue weighted by Gasteiger charge is -2.27. The average molecular weight is 530 g/mol. The lowest BCUT2D eigenvalue weighted by atomic mass is 9.81. The van der Waals surface area contributed by atoms with Gasteiger partial charge in [-0.2, -0.15) is 8.42 Å². The predicted octanol–water partition coefficient (Wildman–Crippen LogP) is 4.01. The van der Waals surface area contributed by atoms with Gasteiger partial charge in [-0.15, -0.1) is 0 Å². The maximum Gasteiger partial charge on any atom is 0.271 e. The number of halogens is 2. The fourth-order valence-electron chi connectivity index (χ4n) is 4.60. The molecule has 194 valence electrons. The zero-order chi connectivity index (χ0) is 27.1. The summed E-state index contributed by atoms with van der Waals surface area (Å²) in [7, 11) is -1.63. The van der Waals surface area contributed by atoms with Gasteiger partial charge in [0.25, 0.3) is 16.0 Å². The van der Waals surface area contributed by atoms with Crippen molar-refractivity contribution in [1.82, 2.24) is 4.90 Å². The molecule has 4 rings (SSSR count). The molecule has 0 fully saturated rings. The summed E-state index contributed by atoms with van der Waals surface area (Å²) in [6.07, 6.45) is 0.135. The van der Waals surface area contributed by atoms with Crippen molar-refractivity contribution < 1.29 is 31.3 Å². The fourth-order valence-corrected chi connectivity index (χ4v) is 5.52. The molecule has 3 aromatic carbocycles. The van der Waals surface area contributed by atoms with Crippen LogP contribution in [0.25, 0.3) is 11.1 Å². The standard InChI is InChI=1S/C26H25F2N3O5S/c1-4-21(37(33,34)35)15-8-10-17(11-9-15)26(24(32)31(2)25(29)30-26)18-7-5-6-16(14-18)22-19(27)12-13-20(36-3)23(22)28/h5-14,21H,4H2,1-3H3,(H2,29,30)(H,33,34,35). The van der Waals surface area contributed by atoms with E-state index in [9.17, 15) is 22.2 Å². The van der Waals surface area contributed by atoms with Crippen molar-refractivity contribution >= 4 is 22.0 Å². The van der Waals surface area contributed by atoms with Crippen molar-refractivity contribution in [2.24, 2.45) is 10.7 Å². The van der Waals surface area contributed by atoms with Crippen LogP contribution in [-0.2, 0) is 20.5 Å². The first-order valence-electron chi connectivity index (χ1n) is 11.3. The lowest BCUT2D eigenvalue weighted by Crippen LogP contribution is -2.41. The van der Waals surface area contributed by atoms with Gasteiger partial charge in [0.15, 0.2) is 23.1 Å². The monoisotopic (exact) mass is 529 g/mol. The molecule has 2 unspecified atom stereocenters. The predicted molar refractivity (Wildman–Crippen MR) is 135 cm³/mol. The zero-order valence-electron chi connectivity index (χ0n) is 20.3. The van der Waals surface area contributed by atoms with Gasteiger partial charge in [-0.1, -0.05) is 49.4 Å². The van der Waals surface area contributed by atoms with Gasteiger partial charge in [0.05, 0.1) is 12.7 Å². The minimum Gasteiger partial charge on any atom is -0.494 e. The molecular formula is C26H25F2N3O5S. The third-order valence-corrected chi connectivity index (χ3v) is 7.84. The summed E-state index contributed by atoms with van der Waals surface area (Å²) in [5, 5.41) is -1.14. The fraction of sp³-hybridized carbons (Fsp3) is 0.231. The van der Waals surface area contributed by atoms with Gasteiger partial charge >= 0.3 is 0 Å². The van der Waals surface area contributed by atoms with E-state index >= 15 is 4.39 Å². The number of guanidine groups is 1. The van der Waals surface area contributed by atoms with E-state index in [-0.39, 0.29) is 29.3 Å². The Morgan fingerprint density at radius 3 is 2.32 bits per heavy atom. The Bertz CT molecular complexity index is 1510. The molecule has 0 aromatic heterocycles. The number of hydrogen-bond donors (Lipinski definition) is 2. The van der Waals surface area contributed by atoms with Crippen LogP contribution < -0.4 is 10.5 Å². The summed E-state index contributed by atoms with van der Waals surface area (Å²) in [5.74, 6) is -2.43. The molecule has 1 heterocycles. The number of aliphatic imine (C=N–C) groups is 1. The highest BCUT2D eigenvalue weighted by molar-refractivity contribution is 7.86. The first-order chi connectivity index (χ1) is 17.4. The van der Waals surface area contributed by atoms with E-state index in [1.165, 1.54) is 61.5 Å². The van der Waals surface area contributed by atoms with Gasteiger partial charge in [-0.05, 0) is 46.9 Å². The number of rotatable bonds is 7. The Hall–Kier alpha value is -3.83. The van der Waals surface area contributed by atoms with E-state index in [0.29, 0.717) is 16.7 Å². The normalized spacial score (nSPS) is 18.6. The van der Waals surface area contributed by atoms with Gasteiger partial charge < -0.3 is 10.5 Å². The van der Waals surface area contributed by atoms with Crippen LogP contribution in [0.1, 0.15) is 35.3 Å². The number of likely N-dealkylation sites (N-methyl/N-ethyl adjacent to an activating group) is 1. The van der Waals surface area contributed by atoms with Gasteiger partial charge in [-0.25, -0.2) is 13.8 Å². The van der Waals surface area contributed by atoms with Crippen molar-refractivity contribution in [3.05, 3.63) is 89.0 Å². The average Bonchev–Trinajstić information content (AvgIpc) is 3.09. The number of nitrogens with zero attached hydrogens (tertiary/aromatic N) is 2. The first kappa shape index (κ1) is 26.2. The summed E-state index contributed by atoms with van der Waals surface area (Å²) < 4.78 is 67.9. The van der Waals surface area contributed by atoms with Gasteiger partial charge in [0.1, 0.15) is 11.1 Å². The number of methoxy groups -OCH3 is 1. The van der Waals surface area contributed by atoms with E-state index in [2.05, 4.69) is 4.99 Å². The smallest absolute Gasteiger partial charge is 0.271 e. The Kier molecular flexibility index (Phi) is 6.78. The summed E-state index contributed by atoms with van der Waals surface area (Å²) in [6, 6.07) is 14.4. The summed E-state index contributed by atoms with van der Waals surface area (Å²) in [4.78, 5) is 19.2. The lowest BCUT2D eigenvalue weighted by molar-refractivity contribution is -0.129. The number of nitrogens with two attached hydrogens (primary N) is 1. The third kappa shape index (κ3) is 4.34. The molecule has 1 amide bonds. The van der Waals surface area contributed by atoms with Crippen molar-refractivity contribution in [2.75, 3.05) is 14.2 Å². The van der Waals surface area contributed by atoms with Crippen LogP contribution in [0.3, 0.4) is 0 Å². The Labute approximate surface area is 213 Å². The van der Waals surface area contributed by atoms with Crippen molar-refractivity contribution in [1.29, 1.82) is 0 Å². The molecule has 1 aliphatic rings. The van der Waals surface area contributed by atoms with Gasteiger partial charge in [0, 0.05) is 7.05 Å². The van der Waals surface area contributed by atoms with Gasteiger partial charge in [-0.3, -0.25) is 14.2 Å². The van der Waals surface area contributed by atoms with E-state index in [0.717, 1.165) is 6.07 Å². The van der Waals surface area contributed by atoms with Crippen LogP contribution in [0, 0.1) is 11.6 Å². The van der Waals surface area contributed by atoms with Crippen LogP contribution in [0.5, 0.6) is 5.75 Å². The highest BCUT2D eigenvalue weighted by atomic mass is 32.2. The molecule has 8 nitrogen and oxygen atoms in total. The molecular weight excluding hydrogens is 504 g/mol. The Morgan fingerprint density at radius 1 is 1.11 bits per heavy atom. The minimum absolute atomic E-state index is 0.0670. The van der Waals surface area contributed by atoms with Crippen molar-refractivity contribution in [2.45, 2.75) is 24.1 Å². The number of benzene rings is 3. The minimum atomic E-state index is -4.35.